The summed E-state index contributed by atoms with van der Waals surface area (Å²) in [6, 6.07) is 1.18. The standard InChI is InChI=1S/C17H19F3N4/c1-23-2-3-24-16-7-14(21)10(5-15(16)22-17(24)8-23)9-4-12(19)13(20)6-11(9)18/h4,6,10,14H,2-3,5,7-8,21H2,1H3/t10-,14+/m1/s1. The Balaban J connectivity index is 1.71. The van der Waals surface area contributed by atoms with Crippen molar-refractivity contribution in [2.24, 2.45) is 5.73 Å². The van der Waals surface area contributed by atoms with Crippen molar-refractivity contribution in [3.63, 3.8) is 0 Å². The number of benzene rings is 1. The van der Waals surface area contributed by atoms with Crippen LogP contribution >= 0.6 is 0 Å². The number of imidazole rings is 1. The molecule has 2 aliphatic rings. The highest BCUT2D eigenvalue weighted by Crippen LogP contribution is 2.35. The highest BCUT2D eigenvalue weighted by molar-refractivity contribution is 5.33. The Labute approximate surface area is 138 Å². The summed E-state index contributed by atoms with van der Waals surface area (Å²) in [6.45, 7) is 2.59. The van der Waals surface area contributed by atoms with E-state index in [-0.39, 0.29) is 11.6 Å². The third kappa shape index (κ3) is 2.43. The van der Waals surface area contributed by atoms with Crippen LogP contribution in [0.1, 0.15) is 28.7 Å². The summed E-state index contributed by atoms with van der Waals surface area (Å²) in [5.74, 6) is -2.38. The Morgan fingerprint density at radius 1 is 1.08 bits per heavy atom. The van der Waals surface area contributed by atoms with Gasteiger partial charge in [0.15, 0.2) is 11.6 Å². The minimum atomic E-state index is -1.18. The quantitative estimate of drug-likeness (QED) is 0.810. The molecule has 1 aliphatic heterocycles. The molecule has 0 fully saturated rings. The maximum atomic E-state index is 14.1. The first-order valence-electron chi connectivity index (χ1n) is 8.09. The van der Waals surface area contributed by atoms with E-state index in [1.54, 1.807) is 0 Å². The molecule has 0 amide bonds. The minimum absolute atomic E-state index is 0.134. The summed E-state index contributed by atoms with van der Waals surface area (Å²) < 4.78 is 43.1. The molecule has 1 aromatic heterocycles. The van der Waals surface area contributed by atoms with Crippen molar-refractivity contribution >= 4 is 0 Å². The summed E-state index contributed by atoms with van der Waals surface area (Å²) in [5, 5.41) is 0. The average molecular weight is 336 g/mol. The Bertz CT molecular complexity index is 802. The first-order valence-corrected chi connectivity index (χ1v) is 8.09. The van der Waals surface area contributed by atoms with Crippen LogP contribution < -0.4 is 5.73 Å². The van der Waals surface area contributed by atoms with Crippen LogP contribution in [0, 0.1) is 17.5 Å². The van der Waals surface area contributed by atoms with E-state index in [0.717, 1.165) is 42.9 Å². The zero-order valence-corrected chi connectivity index (χ0v) is 13.4. The van der Waals surface area contributed by atoms with Gasteiger partial charge < -0.3 is 10.3 Å². The fraction of sp³-hybridized carbons (Fsp3) is 0.471. The third-order valence-corrected chi connectivity index (χ3v) is 5.15. The zero-order valence-electron chi connectivity index (χ0n) is 13.4. The van der Waals surface area contributed by atoms with Crippen molar-refractivity contribution in [1.29, 1.82) is 0 Å². The van der Waals surface area contributed by atoms with Crippen molar-refractivity contribution < 1.29 is 13.2 Å². The van der Waals surface area contributed by atoms with Crippen LogP contribution in [0.25, 0.3) is 0 Å². The SMILES string of the molecule is CN1CCn2c(nc3c2C[C@H](N)[C@@H](c2cc(F)c(F)cc2F)C3)C1. The second kappa shape index (κ2) is 5.60. The van der Waals surface area contributed by atoms with Crippen LogP contribution in [0.15, 0.2) is 12.1 Å². The van der Waals surface area contributed by atoms with Gasteiger partial charge in [-0.1, -0.05) is 0 Å². The molecule has 1 aliphatic carbocycles. The third-order valence-electron chi connectivity index (χ3n) is 5.15. The van der Waals surface area contributed by atoms with E-state index in [2.05, 4.69) is 9.47 Å². The molecule has 0 saturated heterocycles. The van der Waals surface area contributed by atoms with Gasteiger partial charge in [0.25, 0.3) is 0 Å². The van der Waals surface area contributed by atoms with E-state index in [0.29, 0.717) is 18.9 Å². The van der Waals surface area contributed by atoms with Crippen molar-refractivity contribution in [3.05, 3.63) is 52.4 Å². The summed E-state index contributed by atoms with van der Waals surface area (Å²) in [4.78, 5) is 6.89. The molecule has 2 N–H and O–H groups in total. The highest BCUT2D eigenvalue weighted by Gasteiger charge is 2.34. The van der Waals surface area contributed by atoms with Gasteiger partial charge in [0, 0.05) is 43.2 Å². The number of fused-ring (bicyclic) bond motifs is 3. The van der Waals surface area contributed by atoms with Crippen molar-refractivity contribution in [2.75, 3.05) is 13.6 Å². The summed E-state index contributed by atoms with van der Waals surface area (Å²) >= 11 is 0. The van der Waals surface area contributed by atoms with Crippen LogP contribution in [0.2, 0.25) is 0 Å². The van der Waals surface area contributed by atoms with Crippen LogP contribution in [0.5, 0.6) is 0 Å². The zero-order chi connectivity index (χ0) is 17.0. The number of nitrogens with zero attached hydrogens (tertiary/aromatic N) is 3. The molecule has 24 heavy (non-hydrogen) atoms. The highest BCUT2D eigenvalue weighted by atomic mass is 19.2. The number of likely N-dealkylation sites (N-methyl/N-ethyl adjacent to an activating group) is 1. The topological polar surface area (TPSA) is 47.1 Å². The predicted molar refractivity (Wildman–Crippen MR) is 83.0 cm³/mol. The fourth-order valence-corrected chi connectivity index (χ4v) is 3.85. The number of hydrogen-bond donors (Lipinski definition) is 1. The van der Waals surface area contributed by atoms with Gasteiger partial charge in [0.1, 0.15) is 11.6 Å². The minimum Gasteiger partial charge on any atom is -0.329 e. The van der Waals surface area contributed by atoms with Gasteiger partial charge in [-0.2, -0.15) is 0 Å². The lowest BCUT2D eigenvalue weighted by atomic mass is 9.80. The summed E-state index contributed by atoms with van der Waals surface area (Å²) in [6.07, 6.45) is 1.01. The fourth-order valence-electron chi connectivity index (χ4n) is 3.85. The molecule has 128 valence electrons. The molecule has 4 rings (SSSR count). The molecule has 4 nitrogen and oxygen atoms in total. The van der Waals surface area contributed by atoms with E-state index < -0.39 is 23.4 Å². The molecule has 0 unspecified atom stereocenters. The molecule has 0 spiro atoms. The molecule has 2 aromatic rings. The number of nitrogens with two attached hydrogens (primary N) is 1. The monoisotopic (exact) mass is 336 g/mol. The second-order valence-corrected chi connectivity index (χ2v) is 6.78. The van der Waals surface area contributed by atoms with Gasteiger partial charge in [-0.15, -0.1) is 0 Å². The van der Waals surface area contributed by atoms with Gasteiger partial charge in [0.05, 0.1) is 12.2 Å². The molecule has 7 heteroatoms. The van der Waals surface area contributed by atoms with Gasteiger partial charge in [-0.05, 0) is 25.1 Å². The van der Waals surface area contributed by atoms with Gasteiger partial charge in [-0.25, -0.2) is 18.2 Å². The van der Waals surface area contributed by atoms with Crippen LogP contribution in [0.3, 0.4) is 0 Å². The Morgan fingerprint density at radius 2 is 1.83 bits per heavy atom. The lowest BCUT2D eigenvalue weighted by Gasteiger charge is -2.31. The number of hydrogen-bond acceptors (Lipinski definition) is 3. The van der Waals surface area contributed by atoms with Crippen molar-refractivity contribution in [1.82, 2.24) is 14.5 Å². The molecule has 0 saturated carbocycles. The Morgan fingerprint density at radius 3 is 2.62 bits per heavy atom. The van der Waals surface area contributed by atoms with E-state index in [9.17, 15) is 13.2 Å². The smallest absolute Gasteiger partial charge is 0.161 e. The second-order valence-electron chi connectivity index (χ2n) is 6.78. The predicted octanol–water partition coefficient (Wildman–Crippen LogP) is 1.96. The Hall–Kier alpha value is -1.86. The lowest BCUT2D eigenvalue weighted by Crippen LogP contribution is -2.38. The number of halogens is 3. The first-order chi connectivity index (χ1) is 11.4. The van der Waals surface area contributed by atoms with Gasteiger partial charge >= 0.3 is 0 Å². The maximum Gasteiger partial charge on any atom is 0.161 e. The van der Waals surface area contributed by atoms with Crippen LogP contribution in [0.4, 0.5) is 13.2 Å². The van der Waals surface area contributed by atoms with E-state index >= 15 is 0 Å². The van der Waals surface area contributed by atoms with E-state index in [4.69, 9.17) is 10.7 Å². The van der Waals surface area contributed by atoms with E-state index in [1.807, 2.05) is 7.05 Å². The molecule has 0 bridgehead atoms. The molecule has 0 radical (unpaired) electrons. The molecular formula is C17H19F3N4. The normalized spacial score (nSPS) is 23.9. The summed E-state index contributed by atoms with van der Waals surface area (Å²) in [5.41, 5.74) is 8.40. The Kier molecular flexibility index (Phi) is 3.65. The van der Waals surface area contributed by atoms with Gasteiger partial charge in [0.2, 0.25) is 0 Å². The number of aromatic nitrogens is 2. The molecule has 2 heterocycles. The average Bonchev–Trinajstić information content (AvgIpc) is 2.86. The number of rotatable bonds is 1. The summed E-state index contributed by atoms with van der Waals surface area (Å²) in [7, 11) is 2.04. The van der Waals surface area contributed by atoms with Crippen LogP contribution in [-0.4, -0.2) is 34.1 Å². The molecular weight excluding hydrogens is 317 g/mol. The maximum absolute atomic E-state index is 14.1. The van der Waals surface area contributed by atoms with Crippen molar-refractivity contribution in [3.8, 4) is 0 Å². The first kappa shape index (κ1) is 15.7. The van der Waals surface area contributed by atoms with E-state index in [1.165, 1.54) is 0 Å². The van der Waals surface area contributed by atoms with Crippen LogP contribution in [-0.2, 0) is 25.9 Å². The molecule has 2 atom stereocenters. The largest absolute Gasteiger partial charge is 0.329 e. The van der Waals surface area contributed by atoms with Gasteiger partial charge in [-0.3, -0.25) is 4.90 Å². The lowest BCUT2D eigenvalue weighted by molar-refractivity contribution is 0.261. The molecule has 1 aromatic carbocycles. The van der Waals surface area contributed by atoms with Crippen molar-refractivity contribution in [2.45, 2.75) is 37.9 Å².